The molecule has 0 amide bonds. The molecule has 0 atom stereocenters. The van der Waals surface area contributed by atoms with Crippen LogP contribution in [0.15, 0.2) is 30.5 Å². The van der Waals surface area contributed by atoms with Crippen LogP contribution in [0.3, 0.4) is 0 Å². The Morgan fingerprint density at radius 3 is 2.86 bits per heavy atom. The lowest BCUT2D eigenvalue weighted by Crippen LogP contribution is -1.93. The van der Waals surface area contributed by atoms with Gasteiger partial charge in [-0.2, -0.15) is 0 Å². The molecule has 14 heavy (non-hydrogen) atoms. The predicted molar refractivity (Wildman–Crippen MR) is 53.4 cm³/mol. The second-order valence-corrected chi connectivity index (χ2v) is 3.09. The van der Waals surface area contributed by atoms with Crippen molar-refractivity contribution in [2.45, 2.75) is 6.92 Å². The molecule has 1 aromatic heterocycles. The largest absolute Gasteiger partial charge is 0.506 e. The van der Waals surface area contributed by atoms with E-state index in [1.54, 1.807) is 30.5 Å². The summed E-state index contributed by atoms with van der Waals surface area (Å²) in [5.74, 6) is -0.128. The van der Waals surface area contributed by atoms with E-state index in [1.165, 1.54) is 6.92 Å². The fourth-order valence-corrected chi connectivity index (χ4v) is 1.42. The van der Waals surface area contributed by atoms with Gasteiger partial charge in [0.25, 0.3) is 0 Å². The van der Waals surface area contributed by atoms with Crippen LogP contribution in [0.4, 0.5) is 0 Å². The molecule has 0 bridgehead atoms. The number of aromatic hydroxyl groups is 1. The van der Waals surface area contributed by atoms with Gasteiger partial charge in [-0.1, -0.05) is 0 Å². The molecule has 0 aliphatic rings. The van der Waals surface area contributed by atoms with E-state index in [-0.39, 0.29) is 11.5 Å². The molecule has 0 fully saturated rings. The van der Waals surface area contributed by atoms with Crippen LogP contribution in [0.1, 0.15) is 17.3 Å². The minimum absolute atomic E-state index is 0.0168. The SMILES string of the molecule is CC(=O)c1ccc2ncccc2c1O. The van der Waals surface area contributed by atoms with E-state index >= 15 is 0 Å². The number of nitrogens with zero attached hydrogens (tertiary/aromatic N) is 1. The van der Waals surface area contributed by atoms with Gasteiger partial charge in [-0.05, 0) is 31.2 Å². The number of hydrogen-bond acceptors (Lipinski definition) is 3. The summed E-state index contributed by atoms with van der Waals surface area (Å²) in [4.78, 5) is 15.2. The van der Waals surface area contributed by atoms with Crippen LogP contribution in [0.2, 0.25) is 0 Å². The zero-order valence-electron chi connectivity index (χ0n) is 7.69. The Morgan fingerprint density at radius 2 is 2.14 bits per heavy atom. The number of rotatable bonds is 1. The van der Waals surface area contributed by atoms with E-state index in [0.717, 1.165) is 0 Å². The van der Waals surface area contributed by atoms with Crippen molar-refractivity contribution >= 4 is 16.7 Å². The smallest absolute Gasteiger partial charge is 0.163 e. The highest BCUT2D eigenvalue weighted by Crippen LogP contribution is 2.27. The highest BCUT2D eigenvalue weighted by atomic mass is 16.3. The van der Waals surface area contributed by atoms with E-state index in [4.69, 9.17) is 0 Å². The second-order valence-electron chi connectivity index (χ2n) is 3.09. The number of aromatic nitrogens is 1. The fourth-order valence-electron chi connectivity index (χ4n) is 1.42. The minimum atomic E-state index is -0.145. The molecule has 0 unspecified atom stereocenters. The zero-order chi connectivity index (χ0) is 10.1. The van der Waals surface area contributed by atoms with Crippen molar-refractivity contribution < 1.29 is 9.90 Å². The summed E-state index contributed by atoms with van der Waals surface area (Å²) in [6.07, 6.45) is 1.65. The van der Waals surface area contributed by atoms with Crippen LogP contribution in [-0.2, 0) is 0 Å². The maximum atomic E-state index is 11.1. The van der Waals surface area contributed by atoms with Gasteiger partial charge in [0.1, 0.15) is 5.75 Å². The second kappa shape index (κ2) is 3.10. The molecule has 1 N–H and O–H groups in total. The summed E-state index contributed by atoms with van der Waals surface area (Å²) < 4.78 is 0. The van der Waals surface area contributed by atoms with Crippen molar-refractivity contribution in [2.24, 2.45) is 0 Å². The van der Waals surface area contributed by atoms with Crippen LogP contribution in [0.5, 0.6) is 5.75 Å². The zero-order valence-corrected chi connectivity index (χ0v) is 7.69. The molecule has 0 spiro atoms. The van der Waals surface area contributed by atoms with Crippen LogP contribution >= 0.6 is 0 Å². The molecule has 1 heterocycles. The van der Waals surface area contributed by atoms with Gasteiger partial charge >= 0.3 is 0 Å². The number of ketones is 1. The number of hydrogen-bond donors (Lipinski definition) is 1. The van der Waals surface area contributed by atoms with Crippen molar-refractivity contribution in [3.8, 4) is 5.75 Å². The van der Waals surface area contributed by atoms with Crippen molar-refractivity contribution in [2.75, 3.05) is 0 Å². The van der Waals surface area contributed by atoms with Crippen LogP contribution in [0, 0.1) is 0 Å². The summed E-state index contributed by atoms with van der Waals surface area (Å²) in [5.41, 5.74) is 1.03. The fraction of sp³-hybridized carbons (Fsp3) is 0.0909. The third-order valence-electron chi connectivity index (χ3n) is 2.14. The van der Waals surface area contributed by atoms with Gasteiger partial charge in [-0.15, -0.1) is 0 Å². The quantitative estimate of drug-likeness (QED) is 0.696. The van der Waals surface area contributed by atoms with Crippen LogP contribution in [-0.4, -0.2) is 15.9 Å². The summed E-state index contributed by atoms with van der Waals surface area (Å²) >= 11 is 0. The highest BCUT2D eigenvalue weighted by Gasteiger charge is 2.09. The van der Waals surface area contributed by atoms with Gasteiger partial charge in [-0.3, -0.25) is 9.78 Å². The molecule has 3 nitrogen and oxygen atoms in total. The third-order valence-corrected chi connectivity index (χ3v) is 2.14. The lowest BCUT2D eigenvalue weighted by molar-refractivity contribution is 0.101. The van der Waals surface area contributed by atoms with Crippen LogP contribution in [0.25, 0.3) is 10.9 Å². The Labute approximate surface area is 81.0 Å². The Hall–Kier alpha value is -1.90. The van der Waals surface area contributed by atoms with Crippen molar-refractivity contribution in [1.29, 1.82) is 0 Å². The first-order valence-electron chi connectivity index (χ1n) is 4.28. The van der Waals surface area contributed by atoms with E-state index in [9.17, 15) is 9.90 Å². The molecule has 1 aromatic carbocycles. The summed E-state index contributed by atoms with van der Waals surface area (Å²) in [7, 11) is 0. The Bertz CT molecular complexity index is 506. The van der Waals surface area contributed by atoms with Gasteiger partial charge in [0, 0.05) is 11.6 Å². The number of carbonyl (C=O) groups is 1. The molecular weight excluding hydrogens is 178 g/mol. The molecule has 2 rings (SSSR count). The van der Waals surface area contributed by atoms with E-state index in [0.29, 0.717) is 16.5 Å². The molecule has 0 aliphatic carbocycles. The van der Waals surface area contributed by atoms with Crippen molar-refractivity contribution in [3.05, 3.63) is 36.0 Å². The average Bonchev–Trinajstić information content (AvgIpc) is 2.18. The molecule has 2 aromatic rings. The molecule has 0 radical (unpaired) electrons. The third kappa shape index (κ3) is 1.23. The number of carbonyl (C=O) groups excluding carboxylic acids is 1. The van der Waals surface area contributed by atoms with Gasteiger partial charge in [0.05, 0.1) is 11.1 Å². The lowest BCUT2D eigenvalue weighted by atomic mass is 10.1. The number of pyridine rings is 1. The first kappa shape index (κ1) is 8.69. The minimum Gasteiger partial charge on any atom is -0.506 e. The summed E-state index contributed by atoms with van der Waals surface area (Å²) in [5, 5.41) is 10.4. The molecule has 0 saturated carbocycles. The average molecular weight is 187 g/mol. The number of phenols is 1. The Balaban J connectivity index is 2.81. The first-order valence-corrected chi connectivity index (χ1v) is 4.28. The topological polar surface area (TPSA) is 50.2 Å². The molecule has 3 heteroatoms. The van der Waals surface area contributed by atoms with Crippen molar-refractivity contribution in [3.63, 3.8) is 0 Å². The van der Waals surface area contributed by atoms with E-state index in [1.807, 2.05) is 0 Å². The van der Waals surface area contributed by atoms with Gasteiger partial charge < -0.3 is 5.11 Å². The van der Waals surface area contributed by atoms with Crippen LogP contribution < -0.4 is 0 Å². The number of fused-ring (bicyclic) bond motifs is 1. The van der Waals surface area contributed by atoms with Gasteiger partial charge in [0.15, 0.2) is 5.78 Å². The normalized spacial score (nSPS) is 10.4. The first-order chi connectivity index (χ1) is 6.70. The van der Waals surface area contributed by atoms with Gasteiger partial charge in [0.2, 0.25) is 0 Å². The molecule has 70 valence electrons. The van der Waals surface area contributed by atoms with E-state index in [2.05, 4.69) is 4.98 Å². The number of benzene rings is 1. The number of Topliss-reactive ketones (excluding diaryl/α,β-unsaturated/α-hetero) is 1. The number of phenolic OH excluding ortho intramolecular Hbond substituents is 1. The highest BCUT2D eigenvalue weighted by molar-refractivity contribution is 6.02. The maximum absolute atomic E-state index is 11.1. The monoisotopic (exact) mass is 187 g/mol. The molecule has 0 aliphatic heterocycles. The lowest BCUT2D eigenvalue weighted by Gasteiger charge is -2.03. The Morgan fingerprint density at radius 1 is 1.36 bits per heavy atom. The Kier molecular flexibility index (Phi) is 1.93. The molecular formula is C11H9NO2. The van der Waals surface area contributed by atoms with E-state index < -0.39 is 0 Å². The predicted octanol–water partition coefficient (Wildman–Crippen LogP) is 2.14. The summed E-state index contributed by atoms with van der Waals surface area (Å²) in [6, 6.07) is 6.79. The van der Waals surface area contributed by atoms with Crippen molar-refractivity contribution in [1.82, 2.24) is 4.98 Å². The standard InChI is InChI=1S/C11H9NO2/c1-7(13)8-4-5-10-9(11(8)14)3-2-6-12-10/h2-6,14H,1H3. The maximum Gasteiger partial charge on any atom is 0.163 e. The molecule has 0 saturated heterocycles. The summed E-state index contributed by atoms with van der Waals surface area (Å²) in [6.45, 7) is 1.43. The van der Waals surface area contributed by atoms with Gasteiger partial charge in [-0.25, -0.2) is 0 Å².